The molecule has 0 bridgehead atoms. The molecule has 0 aliphatic heterocycles. The lowest BCUT2D eigenvalue weighted by Crippen LogP contribution is -2.14. The van der Waals surface area contributed by atoms with Gasteiger partial charge < -0.3 is 15.8 Å². The van der Waals surface area contributed by atoms with E-state index >= 15 is 0 Å². The summed E-state index contributed by atoms with van der Waals surface area (Å²) < 4.78 is 5.61. The number of rotatable bonds is 6. The van der Waals surface area contributed by atoms with Crippen LogP contribution in [-0.2, 0) is 22.4 Å². The number of thiophene rings is 1. The van der Waals surface area contributed by atoms with Gasteiger partial charge in [-0.25, -0.2) is 4.79 Å². The second kappa shape index (κ2) is 7.49. The third-order valence-corrected chi connectivity index (χ3v) is 6.64. The number of aryl methyl sites for hydroxylation is 1. The average molecular weight is 385 g/mol. The highest BCUT2D eigenvalue weighted by atomic mass is 32.2. The van der Waals surface area contributed by atoms with Crippen LogP contribution in [-0.4, -0.2) is 34.9 Å². The molecule has 0 radical (unpaired) electrons. The molecule has 7 nitrogen and oxygen atoms in total. The number of esters is 1. The van der Waals surface area contributed by atoms with Gasteiger partial charge in [-0.2, -0.15) is 0 Å². The number of nitrogens with zero attached hydrogens (tertiary/aromatic N) is 2. The molecular weight excluding hydrogens is 368 g/mol. The Hall–Kier alpha value is -1.65. The lowest BCUT2D eigenvalue weighted by atomic mass is 10.1. The first-order valence-corrected chi connectivity index (χ1v) is 9.95. The minimum Gasteiger partial charge on any atom is -0.465 e. The maximum Gasteiger partial charge on any atom is 0.341 e. The predicted molar refractivity (Wildman–Crippen MR) is 96.0 cm³/mol. The highest BCUT2D eigenvalue weighted by molar-refractivity contribution is 8.01. The summed E-state index contributed by atoms with van der Waals surface area (Å²) in [6.45, 7) is 0. The number of thioether (sulfide) groups is 1. The first kappa shape index (κ1) is 17.2. The Labute approximate surface area is 151 Å². The van der Waals surface area contributed by atoms with Crippen LogP contribution in [0.5, 0.6) is 0 Å². The average Bonchev–Trinajstić information content (AvgIpc) is 3.23. The Bertz CT molecular complexity index is 771. The number of nitrogens with one attached hydrogen (secondary N) is 1. The van der Waals surface area contributed by atoms with E-state index in [-0.39, 0.29) is 11.9 Å². The van der Waals surface area contributed by atoms with Crippen LogP contribution in [0.1, 0.15) is 33.6 Å². The minimum absolute atomic E-state index is 0.134. The number of carbonyl (C=O) groups is 2. The number of nitrogen functional groups attached to an aromatic ring is 1. The number of ether oxygens (including phenoxy) is 1. The first-order chi connectivity index (χ1) is 11.6. The van der Waals surface area contributed by atoms with Gasteiger partial charge in [-0.15, -0.1) is 21.5 Å². The van der Waals surface area contributed by atoms with Gasteiger partial charge in [0.25, 0.3) is 0 Å². The maximum atomic E-state index is 12.2. The largest absolute Gasteiger partial charge is 0.465 e. The van der Waals surface area contributed by atoms with Gasteiger partial charge in [0.1, 0.15) is 5.00 Å². The van der Waals surface area contributed by atoms with E-state index in [2.05, 4.69) is 15.5 Å². The van der Waals surface area contributed by atoms with Gasteiger partial charge in [-0.05, 0) is 24.8 Å². The third kappa shape index (κ3) is 3.70. The van der Waals surface area contributed by atoms with E-state index in [4.69, 9.17) is 10.5 Å². The Morgan fingerprint density at radius 3 is 2.88 bits per heavy atom. The van der Waals surface area contributed by atoms with E-state index in [0.29, 0.717) is 27.9 Å². The lowest BCUT2D eigenvalue weighted by Gasteiger charge is -2.06. The summed E-state index contributed by atoms with van der Waals surface area (Å²) in [5.41, 5.74) is 7.07. The molecule has 0 unspecified atom stereocenters. The highest BCUT2D eigenvalue weighted by Crippen LogP contribution is 2.39. The summed E-state index contributed by atoms with van der Waals surface area (Å²) >= 11 is 4.21. The smallest absolute Gasteiger partial charge is 0.341 e. The van der Waals surface area contributed by atoms with Crippen LogP contribution in [0.25, 0.3) is 0 Å². The van der Waals surface area contributed by atoms with Crippen LogP contribution in [0.3, 0.4) is 0 Å². The van der Waals surface area contributed by atoms with Crippen LogP contribution in [0.4, 0.5) is 10.1 Å². The Morgan fingerprint density at radius 1 is 1.33 bits per heavy atom. The van der Waals surface area contributed by atoms with Crippen LogP contribution < -0.4 is 11.1 Å². The van der Waals surface area contributed by atoms with Crippen molar-refractivity contribution in [1.82, 2.24) is 10.2 Å². The fourth-order valence-corrected chi connectivity index (χ4v) is 5.45. The standard InChI is InChI=1S/C14H16N4O3S3/c1-21-12(20)10-7-3-2-4-8(7)23-11(10)16-9(19)5-6-22-14-18-17-13(15)24-14/h2-6H2,1H3,(H2,15,17)(H,16,19). The van der Waals surface area contributed by atoms with E-state index in [1.165, 1.54) is 46.4 Å². The second-order valence-corrected chi connectivity index (χ2v) is 8.56. The van der Waals surface area contributed by atoms with Gasteiger partial charge in [-0.1, -0.05) is 23.1 Å². The summed E-state index contributed by atoms with van der Waals surface area (Å²) in [5.74, 6) is 0.0486. The van der Waals surface area contributed by atoms with E-state index in [9.17, 15) is 9.59 Å². The molecule has 0 fully saturated rings. The van der Waals surface area contributed by atoms with Crippen molar-refractivity contribution < 1.29 is 14.3 Å². The molecule has 1 aliphatic rings. The van der Waals surface area contributed by atoms with Gasteiger partial charge in [-0.3, -0.25) is 4.79 Å². The number of carbonyl (C=O) groups excluding carboxylic acids is 2. The molecule has 0 atom stereocenters. The molecule has 1 amide bonds. The number of fused-ring (bicyclic) bond motifs is 1. The fourth-order valence-electron chi connectivity index (χ4n) is 2.51. The molecule has 2 aromatic heterocycles. The van der Waals surface area contributed by atoms with Crippen molar-refractivity contribution in [3.63, 3.8) is 0 Å². The summed E-state index contributed by atoms with van der Waals surface area (Å²) in [6, 6.07) is 0. The number of amides is 1. The highest BCUT2D eigenvalue weighted by Gasteiger charge is 2.27. The van der Waals surface area contributed by atoms with Gasteiger partial charge in [0.2, 0.25) is 11.0 Å². The topological polar surface area (TPSA) is 107 Å². The number of methoxy groups -OCH3 is 1. The summed E-state index contributed by atoms with van der Waals surface area (Å²) in [4.78, 5) is 25.4. The normalized spacial score (nSPS) is 12.9. The zero-order valence-electron chi connectivity index (χ0n) is 13.0. The zero-order valence-corrected chi connectivity index (χ0v) is 15.4. The van der Waals surface area contributed by atoms with Crippen LogP contribution in [0, 0.1) is 0 Å². The lowest BCUT2D eigenvalue weighted by molar-refractivity contribution is -0.115. The number of hydrogen-bond donors (Lipinski definition) is 2. The van der Waals surface area contributed by atoms with Crippen molar-refractivity contribution in [3.05, 3.63) is 16.0 Å². The van der Waals surface area contributed by atoms with Gasteiger partial charge in [0.15, 0.2) is 4.34 Å². The van der Waals surface area contributed by atoms with Crippen molar-refractivity contribution in [2.24, 2.45) is 0 Å². The summed E-state index contributed by atoms with van der Waals surface area (Å²) in [6.07, 6.45) is 3.17. The predicted octanol–water partition coefficient (Wildman–Crippen LogP) is 2.58. The molecule has 128 valence electrons. The van der Waals surface area contributed by atoms with Crippen molar-refractivity contribution in [2.75, 3.05) is 23.9 Å². The van der Waals surface area contributed by atoms with E-state index < -0.39 is 0 Å². The van der Waals surface area contributed by atoms with Crippen LogP contribution >= 0.6 is 34.4 Å². The Morgan fingerprint density at radius 2 is 2.17 bits per heavy atom. The fraction of sp³-hybridized carbons (Fsp3) is 0.429. The van der Waals surface area contributed by atoms with Crippen molar-refractivity contribution >= 4 is 56.4 Å². The Kier molecular flexibility index (Phi) is 5.36. The van der Waals surface area contributed by atoms with Crippen LogP contribution in [0.15, 0.2) is 4.34 Å². The second-order valence-electron chi connectivity index (χ2n) is 5.11. The molecule has 2 aromatic rings. The van der Waals surface area contributed by atoms with E-state index in [1.54, 1.807) is 0 Å². The summed E-state index contributed by atoms with van der Waals surface area (Å²) in [7, 11) is 1.36. The molecule has 24 heavy (non-hydrogen) atoms. The molecule has 2 heterocycles. The van der Waals surface area contributed by atoms with E-state index in [0.717, 1.165) is 29.2 Å². The van der Waals surface area contributed by atoms with Crippen molar-refractivity contribution in [2.45, 2.75) is 30.0 Å². The van der Waals surface area contributed by atoms with Crippen molar-refractivity contribution in [1.29, 1.82) is 0 Å². The molecule has 1 aliphatic carbocycles. The van der Waals surface area contributed by atoms with Gasteiger partial charge >= 0.3 is 5.97 Å². The quantitative estimate of drug-likeness (QED) is 0.582. The molecule has 3 rings (SSSR count). The first-order valence-electron chi connectivity index (χ1n) is 7.33. The summed E-state index contributed by atoms with van der Waals surface area (Å²) in [5, 5.41) is 11.5. The molecule has 0 spiro atoms. The number of aromatic nitrogens is 2. The molecule has 0 saturated carbocycles. The van der Waals surface area contributed by atoms with Gasteiger partial charge in [0, 0.05) is 17.1 Å². The SMILES string of the molecule is COC(=O)c1c(NC(=O)CCSc2nnc(N)s2)sc2c1CCC2. The molecule has 10 heteroatoms. The monoisotopic (exact) mass is 384 g/mol. The maximum absolute atomic E-state index is 12.2. The van der Waals surface area contributed by atoms with Gasteiger partial charge in [0.05, 0.1) is 12.7 Å². The number of hydrogen-bond acceptors (Lipinski definition) is 9. The number of anilines is 2. The molecule has 3 N–H and O–H groups in total. The third-order valence-electron chi connectivity index (χ3n) is 3.54. The molecular formula is C14H16N4O3S3. The zero-order chi connectivity index (χ0) is 17.1. The van der Waals surface area contributed by atoms with Crippen LogP contribution in [0.2, 0.25) is 0 Å². The Balaban J connectivity index is 1.61. The molecule has 0 aromatic carbocycles. The minimum atomic E-state index is -0.386. The number of nitrogens with two attached hydrogens (primary N) is 1. The molecule has 0 saturated heterocycles. The van der Waals surface area contributed by atoms with E-state index in [1.807, 2.05) is 0 Å². The van der Waals surface area contributed by atoms with Crippen molar-refractivity contribution in [3.8, 4) is 0 Å².